The Hall–Kier alpha value is -2.91. The lowest BCUT2D eigenvalue weighted by Crippen LogP contribution is -2.53. The number of fused-ring (bicyclic) bond motifs is 1. The van der Waals surface area contributed by atoms with Crippen molar-refractivity contribution in [2.24, 2.45) is 11.8 Å². The van der Waals surface area contributed by atoms with Crippen LogP contribution < -0.4 is 15.5 Å². The number of hydrogen-bond donors (Lipinski definition) is 3. The quantitative estimate of drug-likeness (QED) is 0.477. The molecule has 1 saturated carbocycles. The van der Waals surface area contributed by atoms with Crippen LogP contribution in [0.15, 0.2) is 30.3 Å². The number of nitrogens with one attached hydrogen (secondary N) is 2. The Bertz CT molecular complexity index is 1020. The molecule has 2 heterocycles. The number of carbonyl (C=O) groups excluding carboxylic acids is 1. The average Bonchev–Trinajstić information content (AvgIpc) is 2.82. The SMILES string of the molecule is CN(C)CCOC1CN(c2cc(C(=O)NC[C@H]3CC[C@H](CNC(=O)O)CC3)c3ccccc3n2)C1. The maximum atomic E-state index is 13.2. The zero-order chi connectivity index (χ0) is 24.8. The molecule has 0 unspecified atom stereocenters. The molecule has 2 aromatic rings. The van der Waals surface area contributed by atoms with Crippen LogP contribution in [0.4, 0.5) is 10.6 Å². The Morgan fingerprint density at radius 1 is 1.09 bits per heavy atom. The first-order chi connectivity index (χ1) is 16.9. The monoisotopic (exact) mass is 483 g/mol. The highest BCUT2D eigenvalue weighted by Crippen LogP contribution is 2.29. The fraction of sp³-hybridized carbons (Fsp3) is 0.577. The molecule has 0 bridgehead atoms. The number of carbonyl (C=O) groups is 2. The number of anilines is 1. The van der Waals surface area contributed by atoms with Gasteiger partial charge < -0.3 is 30.3 Å². The topological polar surface area (TPSA) is 107 Å². The van der Waals surface area contributed by atoms with Gasteiger partial charge in [-0.1, -0.05) is 18.2 Å². The minimum Gasteiger partial charge on any atom is -0.465 e. The fourth-order valence-corrected chi connectivity index (χ4v) is 4.85. The maximum Gasteiger partial charge on any atom is 0.404 e. The number of likely N-dealkylation sites (N-methyl/N-ethyl adjacent to an activating group) is 1. The largest absolute Gasteiger partial charge is 0.465 e. The van der Waals surface area contributed by atoms with E-state index in [0.29, 0.717) is 37.1 Å². The molecule has 3 N–H and O–H groups in total. The molecule has 35 heavy (non-hydrogen) atoms. The van der Waals surface area contributed by atoms with Gasteiger partial charge in [-0.05, 0) is 63.7 Å². The third-order valence-electron chi connectivity index (χ3n) is 7.07. The van der Waals surface area contributed by atoms with Crippen molar-refractivity contribution in [3.8, 4) is 0 Å². The van der Waals surface area contributed by atoms with Gasteiger partial charge in [0.05, 0.1) is 23.8 Å². The molecule has 1 aliphatic heterocycles. The summed E-state index contributed by atoms with van der Waals surface area (Å²) in [6.45, 7) is 4.31. The van der Waals surface area contributed by atoms with Gasteiger partial charge in [0.15, 0.2) is 0 Å². The number of ether oxygens (including phenoxy) is 1. The van der Waals surface area contributed by atoms with Gasteiger partial charge in [0.2, 0.25) is 0 Å². The Balaban J connectivity index is 1.34. The average molecular weight is 484 g/mol. The molecular formula is C26H37N5O4. The van der Waals surface area contributed by atoms with Crippen LogP contribution in [0.1, 0.15) is 36.0 Å². The molecule has 1 saturated heterocycles. The molecular weight excluding hydrogens is 446 g/mol. The lowest BCUT2D eigenvalue weighted by molar-refractivity contribution is 0.0265. The smallest absolute Gasteiger partial charge is 0.404 e. The first kappa shape index (κ1) is 25.2. The molecule has 9 nitrogen and oxygen atoms in total. The summed E-state index contributed by atoms with van der Waals surface area (Å²) >= 11 is 0. The van der Waals surface area contributed by atoms with Gasteiger partial charge >= 0.3 is 6.09 Å². The summed E-state index contributed by atoms with van der Waals surface area (Å²) < 4.78 is 5.92. The standard InChI is InChI=1S/C26H37N5O4/c1-30(2)11-12-35-20-16-31(17-20)24-13-22(21-5-3-4-6-23(21)29-24)25(32)27-14-18-7-9-19(10-8-18)15-28-26(33)34/h3-6,13,18-20,28H,7-12,14-17H2,1-2H3,(H,27,32)(H,33,34)/t18-,19-. The second kappa shape index (κ2) is 11.7. The van der Waals surface area contributed by atoms with Crippen molar-refractivity contribution >= 4 is 28.7 Å². The van der Waals surface area contributed by atoms with Crippen LogP contribution in [0.25, 0.3) is 10.9 Å². The van der Waals surface area contributed by atoms with Gasteiger partial charge in [-0.2, -0.15) is 0 Å². The molecule has 9 heteroatoms. The van der Waals surface area contributed by atoms with Gasteiger partial charge in [-0.3, -0.25) is 4.79 Å². The van der Waals surface area contributed by atoms with Crippen molar-refractivity contribution in [3.05, 3.63) is 35.9 Å². The van der Waals surface area contributed by atoms with Crippen molar-refractivity contribution in [2.45, 2.75) is 31.8 Å². The van der Waals surface area contributed by atoms with E-state index in [2.05, 4.69) is 20.4 Å². The van der Waals surface area contributed by atoms with Crippen molar-refractivity contribution < 1.29 is 19.4 Å². The highest BCUT2D eigenvalue weighted by molar-refractivity contribution is 6.07. The minimum absolute atomic E-state index is 0.0705. The van der Waals surface area contributed by atoms with E-state index in [1.807, 2.05) is 44.4 Å². The first-order valence-corrected chi connectivity index (χ1v) is 12.5. The number of aromatic nitrogens is 1. The molecule has 1 aromatic carbocycles. The van der Waals surface area contributed by atoms with E-state index in [1.165, 1.54) is 0 Å². The summed E-state index contributed by atoms with van der Waals surface area (Å²) in [6.07, 6.45) is 3.19. The second-order valence-electron chi connectivity index (χ2n) is 10.0. The molecule has 2 aliphatic rings. The van der Waals surface area contributed by atoms with E-state index >= 15 is 0 Å². The van der Waals surface area contributed by atoms with Gasteiger partial charge in [0.1, 0.15) is 5.82 Å². The van der Waals surface area contributed by atoms with E-state index in [0.717, 1.165) is 62.0 Å². The highest BCUT2D eigenvalue weighted by Gasteiger charge is 2.30. The molecule has 190 valence electrons. The van der Waals surface area contributed by atoms with E-state index in [-0.39, 0.29) is 12.0 Å². The predicted octanol–water partition coefficient (Wildman–Crippen LogP) is 2.81. The van der Waals surface area contributed by atoms with Crippen LogP contribution in [0.3, 0.4) is 0 Å². The number of pyridine rings is 1. The fourth-order valence-electron chi connectivity index (χ4n) is 4.85. The van der Waals surface area contributed by atoms with Crippen LogP contribution in [0.2, 0.25) is 0 Å². The van der Waals surface area contributed by atoms with Gasteiger partial charge in [0.25, 0.3) is 5.91 Å². The zero-order valence-electron chi connectivity index (χ0n) is 20.7. The number of amides is 2. The number of nitrogens with zero attached hydrogens (tertiary/aromatic N) is 3. The van der Waals surface area contributed by atoms with Crippen LogP contribution in [0, 0.1) is 11.8 Å². The molecule has 2 fully saturated rings. The van der Waals surface area contributed by atoms with Gasteiger partial charge in [0, 0.05) is 38.1 Å². The maximum absolute atomic E-state index is 13.2. The summed E-state index contributed by atoms with van der Waals surface area (Å²) in [5.41, 5.74) is 1.47. The summed E-state index contributed by atoms with van der Waals surface area (Å²) in [5.74, 6) is 1.55. The molecule has 1 aliphatic carbocycles. The highest BCUT2D eigenvalue weighted by atomic mass is 16.5. The minimum atomic E-state index is -0.964. The summed E-state index contributed by atoms with van der Waals surface area (Å²) in [4.78, 5) is 33.0. The van der Waals surface area contributed by atoms with Gasteiger partial charge in [-0.15, -0.1) is 0 Å². The first-order valence-electron chi connectivity index (χ1n) is 12.5. The molecule has 1 aromatic heterocycles. The number of carboxylic acid groups (broad SMARTS) is 1. The summed E-state index contributed by atoms with van der Waals surface area (Å²) in [6, 6.07) is 9.69. The third kappa shape index (κ3) is 6.82. The van der Waals surface area contributed by atoms with Gasteiger partial charge in [-0.25, -0.2) is 9.78 Å². The number of hydrogen-bond acceptors (Lipinski definition) is 6. The van der Waals surface area contributed by atoms with E-state index in [9.17, 15) is 9.59 Å². The summed E-state index contributed by atoms with van der Waals surface area (Å²) in [5, 5.41) is 15.3. The van der Waals surface area contributed by atoms with Crippen LogP contribution >= 0.6 is 0 Å². The van der Waals surface area contributed by atoms with Crippen molar-refractivity contribution in [2.75, 3.05) is 58.3 Å². The Labute approximate surface area is 206 Å². The molecule has 0 radical (unpaired) electrons. The van der Waals surface area contributed by atoms with Crippen LogP contribution in [0.5, 0.6) is 0 Å². The molecule has 0 atom stereocenters. The predicted molar refractivity (Wildman–Crippen MR) is 136 cm³/mol. The lowest BCUT2D eigenvalue weighted by Gasteiger charge is -2.40. The molecule has 2 amide bonds. The zero-order valence-corrected chi connectivity index (χ0v) is 20.7. The number of benzene rings is 1. The van der Waals surface area contributed by atoms with E-state index in [1.54, 1.807) is 0 Å². The Morgan fingerprint density at radius 2 is 1.74 bits per heavy atom. The normalized spacial score (nSPS) is 20.6. The van der Waals surface area contributed by atoms with Crippen LogP contribution in [-0.4, -0.2) is 86.5 Å². The van der Waals surface area contributed by atoms with E-state index < -0.39 is 6.09 Å². The summed E-state index contributed by atoms with van der Waals surface area (Å²) in [7, 11) is 4.07. The molecule has 0 spiro atoms. The second-order valence-corrected chi connectivity index (χ2v) is 10.0. The van der Waals surface area contributed by atoms with Crippen molar-refractivity contribution in [1.29, 1.82) is 0 Å². The molecule has 4 rings (SSSR count). The number of para-hydroxylation sites is 1. The van der Waals surface area contributed by atoms with Crippen molar-refractivity contribution in [3.63, 3.8) is 0 Å². The van der Waals surface area contributed by atoms with Crippen LogP contribution in [-0.2, 0) is 4.74 Å². The number of rotatable bonds is 10. The Morgan fingerprint density at radius 3 is 2.40 bits per heavy atom. The Kier molecular flexibility index (Phi) is 8.41. The van der Waals surface area contributed by atoms with Crippen molar-refractivity contribution in [1.82, 2.24) is 20.5 Å². The lowest BCUT2D eigenvalue weighted by atomic mass is 9.82. The third-order valence-corrected chi connectivity index (χ3v) is 7.07. The van der Waals surface area contributed by atoms with E-state index in [4.69, 9.17) is 14.8 Å².